The van der Waals surface area contributed by atoms with E-state index in [0.717, 1.165) is 11.4 Å². The summed E-state index contributed by atoms with van der Waals surface area (Å²) in [4.78, 5) is 35.2. The van der Waals surface area contributed by atoms with Crippen LogP contribution in [-0.2, 0) is 9.47 Å². The number of esters is 1. The topological polar surface area (TPSA) is 74.6 Å². The first kappa shape index (κ1) is 19.6. The van der Waals surface area contributed by atoms with Gasteiger partial charge >= 0.3 is 5.97 Å². The van der Waals surface area contributed by atoms with E-state index in [9.17, 15) is 14.4 Å². The average Bonchev–Trinajstić information content (AvgIpc) is 2.94. The molecule has 0 saturated carbocycles. The first-order valence-corrected chi connectivity index (χ1v) is 8.32. The molecule has 0 fully saturated rings. The molecule has 0 aliphatic carbocycles. The fourth-order valence-electron chi connectivity index (χ4n) is 3.04. The molecule has 1 heterocycles. The lowest BCUT2D eigenvalue weighted by molar-refractivity contribution is 0.0474. The van der Waals surface area contributed by atoms with E-state index < -0.39 is 5.97 Å². The van der Waals surface area contributed by atoms with Crippen LogP contribution in [0.4, 0.5) is 0 Å². The van der Waals surface area contributed by atoms with Gasteiger partial charge in [-0.3, -0.25) is 9.59 Å². The number of aromatic nitrogens is 1. The Morgan fingerprint density at radius 3 is 2.42 bits per heavy atom. The van der Waals surface area contributed by atoms with Gasteiger partial charge in [0.25, 0.3) is 0 Å². The SMILES string of the molecule is COC[C@H](C)n1c(C)cc(C(=O)COC(=O)c2ccc(C=O)cc2)c1C. The molecular weight excluding hydrogens is 334 g/mol. The van der Waals surface area contributed by atoms with Crippen molar-refractivity contribution in [3.05, 3.63) is 58.4 Å². The van der Waals surface area contributed by atoms with Gasteiger partial charge in [-0.2, -0.15) is 0 Å². The van der Waals surface area contributed by atoms with E-state index in [1.807, 2.05) is 25.3 Å². The molecule has 0 spiro atoms. The van der Waals surface area contributed by atoms with Gasteiger partial charge in [0, 0.05) is 29.6 Å². The first-order chi connectivity index (χ1) is 12.4. The van der Waals surface area contributed by atoms with Crippen LogP contribution in [0.3, 0.4) is 0 Å². The van der Waals surface area contributed by atoms with Crippen LogP contribution in [0.5, 0.6) is 0 Å². The number of rotatable bonds is 8. The van der Waals surface area contributed by atoms with Crippen LogP contribution in [0.25, 0.3) is 0 Å². The number of hydrogen-bond donors (Lipinski definition) is 0. The summed E-state index contributed by atoms with van der Waals surface area (Å²) in [7, 11) is 1.64. The summed E-state index contributed by atoms with van der Waals surface area (Å²) in [6, 6.07) is 7.94. The Morgan fingerprint density at radius 2 is 1.85 bits per heavy atom. The van der Waals surface area contributed by atoms with E-state index in [1.54, 1.807) is 13.2 Å². The van der Waals surface area contributed by atoms with E-state index >= 15 is 0 Å². The van der Waals surface area contributed by atoms with E-state index in [0.29, 0.717) is 29.6 Å². The zero-order chi connectivity index (χ0) is 19.3. The Morgan fingerprint density at radius 1 is 1.19 bits per heavy atom. The van der Waals surface area contributed by atoms with Crippen molar-refractivity contribution < 1.29 is 23.9 Å². The van der Waals surface area contributed by atoms with Crippen molar-refractivity contribution in [2.24, 2.45) is 0 Å². The van der Waals surface area contributed by atoms with E-state index in [2.05, 4.69) is 0 Å². The molecule has 1 aromatic heterocycles. The number of aryl methyl sites for hydroxylation is 1. The number of carbonyl (C=O) groups excluding carboxylic acids is 3. The summed E-state index contributed by atoms with van der Waals surface area (Å²) < 4.78 is 12.3. The van der Waals surface area contributed by atoms with Crippen LogP contribution < -0.4 is 0 Å². The van der Waals surface area contributed by atoms with Gasteiger partial charge in [-0.05, 0) is 39.0 Å². The molecular formula is C20H23NO5. The standard InChI is InChI=1S/C20H23NO5/c1-13-9-18(15(3)21(13)14(2)11-25-4)19(23)12-26-20(24)17-7-5-16(10-22)6-8-17/h5-10,14H,11-12H2,1-4H3/t14-/m0/s1. The van der Waals surface area contributed by atoms with E-state index in [1.165, 1.54) is 24.3 Å². The molecule has 0 radical (unpaired) electrons. The second-order valence-corrected chi connectivity index (χ2v) is 6.20. The number of hydrogen-bond acceptors (Lipinski definition) is 5. The number of carbonyl (C=O) groups is 3. The molecule has 0 N–H and O–H groups in total. The number of Topliss-reactive ketones (excluding diaryl/α,β-unsaturated/α-hetero) is 1. The van der Waals surface area contributed by atoms with Gasteiger partial charge in [-0.25, -0.2) is 4.79 Å². The third kappa shape index (κ3) is 4.26. The fourth-order valence-corrected chi connectivity index (χ4v) is 3.04. The second-order valence-electron chi connectivity index (χ2n) is 6.20. The largest absolute Gasteiger partial charge is 0.454 e. The normalized spacial score (nSPS) is 11.8. The average molecular weight is 357 g/mol. The lowest BCUT2D eigenvalue weighted by Crippen LogP contribution is -2.17. The number of ketones is 1. The molecule has 2 rings (SSSR count). The highest BCUT2D eigenvalue weighted by Crippen LogP contribution is 2.21. The van der Waals surface area contributed by atoms with Crippen LogP contribution >= 0.6 is 0 Å². The molecule has 6 nitrogen and oxygen atoms in total. The zero-order valence-corrected chi connectivity index (χ0v) is 15.4. The van der Waals surface area contributed by atoms with Crippen molar-refractivity contribution in [2.45, 2.75) is 26.8 Å². The van der Waals surface area contributed by atoms with Crippen molar-refractivity contribution in [1.82, 2.24) is 4.57 Å². The van der Waals surface area contributed by atoms with Gasteiger partial charge in [0.15, 0.2) is 6.61 Å². The first-order valence-electron chi connectivity index (χ1n) is 8.32. The molecule has 0 unspecified atom stereocenters. The van der Waals surface area contributed by atoms with Crippen LogP contribution in [0.2, 0.25) is 0 Å². The Hall–Kier alpha value is -2.73. The molecule has 0 aliphatic heterocycles. The Kier molecular flexibility index (Phi) is 6.46. The van der Waals surface area contributed by atoms with Crippen LogP contribution in [-0.4, -0.2) is 42.9 Å². The predicted molar refractivity (Wildman–Crippen MR) is 96.9 cm³/mol. The summed E-state index contributed by atoms with van der Waals surface area (Å²) in [6.07, 6.45) is 0.693. The Bertz CT molecular complexity index is 804. The maximum Gasteiger partial charge on any atom is 0.338 e. The van der Waals surface area contributed by atoms with Crippen molar-refractivity contribution in [3.63, 3.8) is 0 Å². The van der Waals surface area contributed by atoms with Crippen molar-refractivity contribution in [1.29, 1.82) is 0 Å². The summed E-state index contributed by atoms with van der Waals surface area (Å²) in [5, 5.41) is 0. The summed E-state index contributed by atoms with van der Waals surface area (Å²) in [6.45, 7) is 6.01. The molecule has 138 valence electrons. The number of nitrogens with zero attached hydrogens (tertiary/aromatic N) is 1. The molecule has 1 aromatic carbocycles. The smallest absolute Gasteiger partial charge is 0.338 e. The quantitative estimate of drug-likeness (QED) is 0.412. The molecule has 0 bridgehead atoms. The molecule has 0 aliphatic rings. The highest BCUT2D eigenvalue weighted by Gasteiger charge is 2.20. The third-order valence-electron chi connectivity index (χ3n) is 4.25. The third-order valence-corrected chi connectivity index (χ3v) is 4.25. The zero-order valence-electron chi connectivity index (χ0n) is 15.4. The Labute approximate surface area is 152 Å². The Balaban J connectivity index is 2.06. The summed E-state index contributed by atoms with van der Waals surface area (Å²) >= 11 is 0. The molecule has 1 atom stereocenters. The lowest BCUT2D eigenvalue weighted by atomic mass is 10.1. The predicted octanol–water partition coefficient (Wildman–Crippen LogP) is 3.16. The highest BCUT2D eigenvalue weighted by atomic mass is 16.5. The summed E-state index contributed by atoms with van der Waals surface area (Å²) in [5.41, 5.74) is 3.07. The minimum Gasteiger partial charge on any atom is -0.454 e. The molecule has 2 aromatic rings. The van der Waals surface area contributed by atoms with Gasteiger partial charge in [0.1, 0.15) is 6.29 Å². The number of methoxy groups -OCH3 is 1. The second kappa shape index (κ2) is 8.58. The van der Waals surface area contributed by atoms with Crippen molar-refractivity contribution in [2.75, 3.05) is 20.3 Å². The van der Waals surface area contributed by atoms with Crippen LogP contribution in [0, 0.1) is 13.8 Å². The molecule has 0 saturated heterocycles. The highest BCUT2D eigenvalue weighted by molar-refractivity contribution is 6.00. The van der Waals surface area contributed by atoms with Crippen molar-refractivity contribution in [3.8, 4) is 0 Å². The number of ether oxygens (including phenoxy) is 2. The molecule has 0 amide bonds. The van der Waals surface area contributed by atoms with Crippen molar-refractivity contribution >= 4 is 18.0 Å². The molecule has 26 heavy (non-hydrogen) atoms. The maximum atomic E-state index is 12.5. The lowest BCUT2D eigenvalue weighted by Gasteiger charge is -2.17. The number of benzene rings is 1. The van der Waals surface area contributed by atoms with Gasteiger partial charge in [-0.1, -0.05) is 12.1 Å². The minimum absolute atomic E-state index is 0.0976. The van der Waals surface area contributed by atoms with Gasteiger partial charge in [0.2, 0.25) is 5.78 Å². The minimum atomic E-state index is -0.600. The summed E-state index contributed by atoms with van der Waals surface area (Å²) in [5.74, 6) is -0.857. The van der Waals surface area contributed by atoms with Crippen LogP contribution in [0.15, 0.2) is 30.3 Å². The van der Waals surface area contributed by atoms with E-state index in [4.69, 9.17) is 9.47 Å². The fraction of sp³-hybridized carbons (Fsp3) is 0.350. The number of aldehydes is 1. The van der Waals surface area contributed by atoms with E-state index in [-0.39, 0.29) is 18.4 Å². The van der Waals surface area contributed by atoms with Gasteiger partial charge in [0.05, 0.1) is 18.2 Å². The van der Waals surface area contributed by atoms with Gasteiger partial charge < -0.3 is 14.0 Å². The van der Waals surface area contributed by atoms with Crippen LogP contribution in [0.1, 0.15) is 55.4 Å². The monoisotopic (exact) mass is 357 g/mol. The maximum absolute atomic E-state index is 12.5. The molecule has 6 heteroatoms. The van der Waals surface area contributed by atoms with Gasteiger partial charge in [-0.15, -0.1) is 0 Å².